The van der Waals surface area contributed by atoms with Crippen molar-refractivity contribution in [2.45, 2.75) is 59.3 Å². The first-order valence-corrected chi connectivity index (χ1v) is 13.8. The lowest BCUT2D eigenvalue weighted by Crippen LogP contribution is -2.06. The number of aromatic nitrogens is 2. The fraction of sp³-hybridized carbons (Fsp3) is 0.250. The van der Waals surface area contributed by atoms with Crippen LogP contribution in [0, 0.1) is 12.3 Å². The Bertz CT molecular complexity index is 1430. The van der Waals surface area contributed by atoms with E-state index in [1.807, 2.05) is 0 Å². The lowest BCUT2D eigenvalue weighted by atomic mass is 9.95. The van der Waals surface area contributed by atoms with Gasteiger partial charge in [-0.3, -0.25) is 0 Å². The summed E-state index contributed by atoms with van der Waals surface area (Å²) in [4.78, 5) is 0. The molecule has 1 aromatic heterocycles. The third kappa shape index (κ3) is 6.06. The van der Waals surface area contributed by atoms with Gasteiger partial charge in [-0.05, 0) is 67.4 Å². The summed E-state index contributed by atoms with van der Waals surface area (Å²) in [7, 11) is 0. The summed E-state index contributed by atoms with van der Waals surface area (Å²) >= 11 is 0. The second-order valence-electron chi connectivity index (χ2n) is 9.51. The number of benzene rings is 2. The van der Waals surface area contributed by atoms with Crippen LogP contribution >= 0.6 is 0 Å². The van der Waals surface area contributed by atoms with Crippen molar-refractivity contribution in [3.05, 3.63) is 120 Å². The van der Waals surface area contributed by atoms with Crippen molar-refractivity contribution >= 4 is 16.8 Å². The number of aryl methyl sites for hydroxylation is 1. The van der Waals surface area contributed by atoms with Crippen LogP contribution in [0.4, 0.5) is 0 Å². The fourth-order valence-corrected chi connectivity index (χ4v) is 5.13. The van der Waals surface area contributed by atoms with Gasteiger partial charge in [-0.1, -0.05) is 111 Å². The fourth-order valence-electron chi connectivity index (χ4n) is 5.13. The van der Waals surface area contributed by atoms with Crippen LogP contribution in [-0.4, -0.2) is 9.78 Å². The maximum Gasteiger partial charge on any atom is 0.101 e. The molecule has 3 aromatic rings. The Kier molecular flexibility index (Phi) is 9.54. The lowest BCUT2D eigenvalue weighted by Gasteiger charge is -2.16. The minimum atomic E-state index is 0.901. The molecule has 2 nitrogen and oxygen atoms in total. The maximum atomic E-state index is 5.34. The molecule has 0 amide bonds. The third-order valence-corrected chi connectivity index (χ3v) is 6.78. The first-order chi connectivity index (χ1) is 18.7. The van der Waals surface area contributed by atoms with Gasteiger partial charge in [0.1, 0.15) is 5.69 Å². The van der Waals surface area contributed by atoms with Crippen molar-refractivity contribution in [2.75, 3.05) is 0 Å². The molecule has 0 saturated heterocycles. The van der Waals surface area contributed by atoms with E-state index in [1.54, 1.807) is 6.92 Å². The van der Waals surface area contributed by atoms with Crippen LogP contribution in [0.1, 0.15) is 69.0 Å². The summed E-state index contributed by atoms with van der Waals surface area (Å²) < 4.78 is 2.22. The summed E-state index contributed by atoms with van der Waals surface area (Å²) in [5, 5.41) is 5.34. The highest BCUT2D eigenvalue weighted by molar-refractivity contribution is 6.00. The molecule has 38 heavy (non-hydrogen) atoms. The van der Waals surface area contributed by atoms with E-state index in [2.05, 4.69) is 128 Å². The average molecular weight is 499 g/mol. The minimum Gasteiger partial charge on any atom is -0.236 e. The Morgan fingerprint density at radius 3 is 2.45 bits per heavy atom. The van der Waals surface area contributed by atoms with Crippen LogP contribution in [0.5, 0.6) is 0 Å². The monoisotopic (exact) mass is 498 g/mol. The first-order valence-electron chi connectivity index (χ1n) is 13.8. The topological polar surface area (TPSA) is 17.8 Å². The predicted octanol–water partition coefficient (Wildman–Crippen LogP) is 9.32. The summed E-state index contributed by atoms with van der Waals surface area (Å²) in [6, 6.07) is 19.8. The second-order valence-corrected chi connectivity index (χ2v) is 9.51. The van der Waals surface area contributed by atoms with Gasteiger partial charge in [-0.25, -0.2) is 4.68 Å². The predicted molar refractivity (Wildman–Crippen MR) is 164 cm³/mol. The molecule has 2 heteroatoms. The van der Waals surface area contributed by atoms with Crippen molar-refractivity contribution in [1.82, 2.24) is 9.78 Å². The maximum absolute atomic E-state index is 5.34. The van der Waals surface area contributed by atoms with Gasteiger partial charge >= 0.3 is 0 Å². The Hall–Kier alpha value is -4.09. The van der Waals surface area contributed by atoms with Gasteiger partial charge in [-0.2, -0.15) is 5.10 Å². The molecule has 2 aliphatic rings. The zero-order valence-electron chi connectivity index (χ0n) is 23.0. The molecule has 5 rings (SSSR count). The van der Waals surface area contributed by atoms with E-state index in [0.717, 1.165) is 49.9 Å². The van der Waals surface area contributed by atoms with Gasteiger partial charge in [0.25, 0.3) is 0 Å². The molecular formula is C36H38N2. The van der Waals surface area contributed by atoms with E-state index in [4.69, 9.17) is 5.10 Å². The van der Waals surface area contributed by atoms with E-state index in [1.165, 1.54) is 39.1 Å². The average Bonchev–Trinajstić information content (AvgIpc) is 3.17. The standard InChI is InChI=1S/C33H34N2.C3H4/c1-3-15-25-16-14-21-28(24-25)29-22-12-7-13-23-31(29)35-30(4-2)32(26-17-8-5-9-18-26)33(34-35)27-19-10-6-11-20-27;1-3-2/h5,7-10,13-14,16-24H,3-4,6,11-12,15H2,1-2H3;1H,2H3. The normalized spacial score (nSPS) is 14.4. The molecule has 2 aromatic carbocycles. The summed E-state index contributed by atoms with van der Waals surface area (Å²) in [6.07, 6.45) is 26.7. The molecule has 0 unspecified atom stereocenters. The highest BCUT2D eigenvalue weighted by Crippen LogP contribution is 2.38. The van der Waals surface area contributed by atoms with E-state index >= 15 is 0 Å². The number of nitrogens with zero attached hydrogens (tertiary/aromatic N) is 2. The van der Waals surface area contributed by atoms with Gasteiger partial charge < -0.3 is 0 Å². The Morgan fingerprint density at radius 2 is 1.74 bits per heavy atom. The number of terminal acetylenes is 1. The van der Waals surface area contributed by atoms with Crippen molar-refractivity contribution in [3.8, 4) is 23.5 Å². The second kappa shape index (κ2) is 13.5. The van der Waals surface area contributed by atoms with Gasteiger partial charge in [0.15, 0.2) is 0 Å². The van der Waals surface area contributed by atoms with E-state index in [0.29, 0.717) is 0 Å². The molecule has 2 aliphatic carbocycles. The van der Waals surface area contributed by atoms with E-state index in [-0.39, 0.29) is 0 Å². The molecule has 0 radical (unpaired) electrons. The zero-order valence-corrected chi connectivity index (χ0v) is 23.0. The van der Waals surface area contributed by atoms with Crippen molar-refractivity contribution in [3.63, 3.8) is 0 Å². The largest absolute Gasteiger partial charge is 0.236 e. The molecule has 0 bridgehead atoms. The van der Waals surface area contributed by atoms with Crippen LogP contribution in [0.15, 0.2) is 97.1 Å². The number of hydrogen-bond donors (Lipinski definition) is 0. The van der Waals surface area contributed by atoms with Gasteiger partial charge in [-0.15, -0.1) is 12.3 Å². The smallest absolute Gasteiger partial charge is 0.101 e. The van der Waals surface area contributed by atoms with Crippen molar-refractivity contribution in [2.24, 2.45) is 0 Å². The molecule has 0 fully saturated rings. The van der Waals surface area contributed by atoms with Gasteiger partial charge in [0.2, 0.25) is 0 Å². The molecule has 0 spiro atoms. The van der Waals surface area contributed by atoms with Crippen molar-refractivity contribution in [1.29, 1.82) is 0 Å². The molecule has 0 saturated carbocycles. The third-order valence-electron chi connectivity index (χ3n) is 6.78. The van der Waals surface area contributed by atoms with Crippen LogP contribution in [-0.2, 0) is 12.8 Å². The summed E-state index contributed by atoms with van der Waals surface area (Å²) in [5.41, 5.74) is 11.1. The SMILES string of the molecule is C#CC.CCCc1cccc(C2=CCC=CC=C2n2nc(C3=CCCC=C3)c(-c3ccccc3)c2CC)c1. The van der Waals surface area contributed by atoms with Gasteiger partial charge in [0.05, 0.1) is 11.4 Å². The van der Waals surface area contributed by atoms with Crippen LogP contribution in [0.25, 0.3) is 28.0 Å². The minimum absolute atomic E-state index is 0.901. The first kappa shape index (κ1) is 27.0. The number of rotatable bonds is 7. The molecule has 192 valence electrons. The zero-order chi connectivity index (χ0) is 26.7. The molecule has 0 N–H and O–H groups in total. The highest BCUT2D eigenvalue weighted by atomic mass is 15.3. The summed E-state index contributed by atoms with van der Waals surface area (Å²) in [5.74, 6) is 2.25. The van der Waals surface area contributed by atoms with E-state index < -0.39 is 0 Å². The quantitative estimate of drug-likeness (QED) is 0.297. The molecule has 0 aliphatic heterocycles. The van der Waals surface area contributed by atoms with Crippen LogP contribution < -0.4 is 0 Å². The lowest BCUT2D eigenvalue weighted by molar-refractivity contribution is 0.836. The van der Waals surface area contributed by atoms with Crippen molar-refractivity contribution < 1.29 is 0 Å². The highest BCUT2D eigenvalue weighted by Gasteiger charge is 2.24. The number of allylic oxidation sites excluding steroid dienone is 10. The van der Waals surface area contributed by atoms with Crippen LogP contribution in [0.2, 0.25) is 0 Å². The Labute approximate surface area is 228 Å². The van der Waals surface area contributed by atoms with E-state index in [9.17, 15) is 0 Å². The summed E-state index contributed by atoms with van der Waals surface area (Å²) in [6.45, 7) is 6.14. The van der Waals surface area contributed by atoms with Crippen LogP contribution in [0.3, 0.4) is 0 Å². The Balaban J connectivity index is 0.00000107. The van der Waals surface area contributed by atoms with Gasteiger partial charge in [0, 0.05) is 11.1 Å². The molecule has 0 atom stereocenters. The molecular weight excluding hydrogens is 460 g/mol. The number of hydrogen-bond acceptors (Lipinski definition) is 1. The Morgan fingerprint density at radius 1 is 0.947 bits per heavy atom. The molecule has 1 heterocycles.